The number of aromatic nitrogens is 4. The second kappa shape index (κ2) is 15.1. The maximum atomic E-state index is 13.4. The fourth-order valence-corrected chi connectivity index (χ4v) is 6.00. The van der Waals surface area contributed by atoms with E-state index in [4.69, 9.17) is 21.0 Å². The Bertz CT molecular complexity index is 1570. The number of nitrogens with one attached hydrogen (secondary N) is 1. The molecule has 2 aliphatic heterocycles. The van der Waals surface area contributed by atoms with Crippen molar-refractivity contribution in [3.8, 4) is 0 Å². The second-order valence-corrected chi connectivity index (χ2v) is 13.3. The van der Waals surface area contributed by atoms with Crippen molar-refractivity contribution in [3.63, 3.8) is 0 Å². The number of β-lactam (4-membered cyclic amide) rings is 1. The van der Waals surface area contributed by atoms with Gasteiger partial charge in [0.2, 0.25) is 23.3 Å². The van der Waals surface area contributed by atoms with Gasteiger partial charge in [0, 0.05) is 22.9 Å². The van der Waals surface area contributed by atoms with Gasteiger partial charge in [-0.2, -0.15) is 9.36 Å². The van der Waals surface area contributed by atoms with Crippen molar-refractivity contribution in [1.82, 2.24) is 24.3 Å². The zero-order valence-electron chi connectivity index (χ0n) is 25.9. The molecule has 21 heteroatoms. The summed E-state index contributed by atoms with van der Waals surface area (Å²) in [5.41, 5.74) is 9.89. The topological polar surface area (TPSA) is 224 Å². The highest BCUT2D eigenvalue weighted by Gasteiger charge is 2.53. The Kier molecular flexibility index (Phi) is 13.3. The summed E-state index contributed by atoms with van der Waals surface area (Å²) in [4.78, 5) is 61.9. The number of carbonyl (C=O) groups excluding carboxylic acids is 4. The minimum absolute atomic E-state index is 0. The van der Waals surface area contributed by atoms with E-state index in [9.17, 15) is 24.3 Å². The molecular formula is C25H36Cl3N9O7S2. The van der Waals surface area contributed by atoms with Gasteiger partial charge in [-0.05, 0) is 41.5 Å². The van der Waals surface area contributed by atoms with Crippen LogP contribution in [0.25, 0.3) is 0 Å². The van der Waals surface area contributed by atoms with Gasteiger partial charge >= 0.3 is 5.97 Å². The quantitative estimate of drug-likeness (QED) is 0.100. The zero-order valence-corrected chi connectivity index (χ0v) is 30.0. The number of aliphatic carboxylic acids is 1. The fraction of sp³-hybridized carbons (Fsp3) is 0.520. The summed E-state index contributed by atoms with van der Waals surface area (Å²) in [6, 6.07) is -1.10. The molecule has 0 aromatic carbocycles. The average Bonchev–Trinajstić information content (AvgIpc) is 3.43. The van der Waals surface area contributed by atoms with E-state index in [2.05, 4.69) is 19.8 Å². The van der Waals surface area contributed by atoms with Crippen LogP contribution >= 0.6 is 60.5 Å². The highest BCUT2D eigenvalue weighted by molar-refractivity contribution is 8.00. The van der Waals surface area contributed by atoms with Gasteiger partial charge in [0.1, 0.15) is 17.0 Å². The smallest absolute Gasteiger partial charge is 0.353 e. The van der Waals surface area contributed by atoms with Crippen LogP contribution in [0.4, 0.5) is 10.9 Å². The van der Waals surface area contributed by atoms with Crippen molar-refractivity contribution in [3.05, 3.63) is 28.9 Å². The Hall–Kier alpha value is -3.32. The van der Waals surface area contributed by atoms with Crippen LogP contribution in [0, 0.1) is 6.92 Å². The van der Waals surface area contributed by atoms with Crippen molar-refractivity contribution in [2.45, 2.75) is 70.7 Å². The molecule has 0 radical (unpaired) electrons. The van der Waals surface area contributed by atoms with Crippen LogP contribution in [0.1, 0.15) is 46.0 Å². The number of halogens is 3. The average molecular weight is 745 g/mol. The molecule has 1 saturated heterocycles. The van der Waals surface area contributed by atoms with Crippen LogP contribution in [-0.4, -0.2) is 76.8 Å². The number of hydrogen-bond donors (Lipinski definition) is 3. The van der Waals surface area contributed by atoms with Gasteiger partial charge in [-0.3, -0.25) is 14.5 Å². The van der Waals surface area contributed by atoms with Gasteiger partial charge < -0.3 is 36.3 Å². The number of nitrogens with two attached hydrogens (primary N) is 2. The first-order valence-electron chi connectivity index (χ1n) is 13.0. The second-order valence-electron chi connectivity index (χ2n) is 11.4. The molecular weight excluding hydrogens is 709 g/mol. The monoisotopic (exact) mass is 743 g/mol. The van der Waals surface area contributed by atoms with Crippen molar-refractivity contribution in [2.75, 3.05) is 17.2 Å². The summed E-state index contributed by atoms with van der Waals surface area (Å²) in [5.74, 6) is -3.22. The molecule has 46 heavy (non-hydrogen) atoms. The van der Waals surface area contributed by atoms with Gasteiger partial charge in [-0.1, -0.05) is 5.16 Å². The van der Waals surface area contributed by atoms with Gasteiger partial charge in [0.15, 0.2) is 17.5 Å². The van der Waals surface area contributed by atoms with E-state index >= 15 is 0 Å². The molecule has 2 aliphatic rings. The van der Waals surface area contributed by atoms with Gasteiger partial charge in [-0.25, -0.2) is 4.79 Å². The predicted molar refractivity (Wildman–Crippen MR) is 175 cm³/mol. The molecule has 4 rings (SSSR count). The van der Waals surface area contributed by atoms with Crippen molar-refractivity contribution in [2.24, 2.45) is 12.2 Å². The molecule has 256 valence electrons. The third kappa shape index (κ3) is 8.33. The van der Waals surface area contributed by atoms with Crippen LogP contribution in [0.3, 0.4) is 0 Å². The Balaban J connectivity index is 0.00000353. The maximum Gasteiger partial charge on any atom is 0.353 e. The lowest BCUT2D eigenvalue weighted by atomic mass is 10.0. The SMILES string of the molecule is Cc1c[n+](CC2=C(C(=O)[O-])N3C(=O)[C@@H](NC(=O)C(=NOC(C)(C)C(=O)OC(C)(C)C)c4nsc(N)n4)[C@H]3SC2)n(C)c1N.Cl.Cl.Cl. The summed E-state index contributed by atoms with van der Waals surface area (Å²) in [7, 11) is 1.74. The lowest BCUT2D eigenvalue weighted by molar-refractivity contribution is -0.765. The first-order chi connectivity index (χ1) is 19.9. The number of aryl methyl sites for hydroxylation is 1. The fourth-order valence-electron chi connectivity index (χ4n) is 4.23. The van der Waals surface area contributed by atoms with E-state index in [0.29, 0.717) is 11.4 Å². The summed E-state index contributed by atoms with van der Waals surface area (Å²) < 4.78 is 12.8. The highest BCUT2D eigenvalue weighted by Crippen LogP contribution is 2.40. The van der Waals surface area contributed by atoms with Crippen LogP contribution < -0.4 is 26.6 Å². The van der Waals surface area contributed by atoms with Gasteiger partial charge in [-0.15, -0.1) is 58.3 Å². The number of carboxylic acids is 1. The van der Waals surface area contributed by atoms with Crippen molar-refractivity contribution in [1.29, 1.82) is 0 Å². The number of rotatable bonds is 9. The van der Waals surface area contributed by atoms with Crippen LogP contribution in [-0.2, 0) is 42.3 Å². The summed E-state index contributed by atoms with van der Waals surface area (Å²) in [6.07, 6.45) is 1.78. The number of carboxylic acid groups (broad SMARTS) is 1. The minimum Gasteiger partial charge on any atom is -0.543 e. The van der Waals surface area contributed by atoms with Crippen molar-refractivity contribution >= 4 is 101 Å². The lowest BCUT2D eigenvalue weighted by Gasteiger charge is -2.50. The largest absolute Gasteiger partial charge is 0.543 e. The zero-order chi connectivity index (χ0) is 32.0. The number of fused-ring (bicyclic) bond motifs is 1. The first-order valence-corrected chi connectivity index (χ1v) is 14.8. The van der Waals surface area contributed by atoms with Crippen molar-refractivity contribution < 1.29 is 38.5 Å². The van der Waals surface area contributed by atoms with Gasteiger partial charge in [0.05, 0.1) is 24.3 Å². The highest BCUT2D eigenvalue weighted by atomic mass is 35.5. The molecule has 0 bridgehead atoms. The lowest BCUT2D eigenvalue weighted by Crippen LogP contribution is -2.71. The molecule has 2 atom stereocenters. The number of thioether (sulfide) groups is 1. The molecule has 2 aromatic rings. The van der Waals surface area contributed by atoms with Crippen LogP contribution in [0.2, 0.25) is 0 Å². The Morgan fingerprint density at radius 3 is 2.33 bits per heavy atom. The summed E-state index contributed by atoms with van der Waals surface area (Å²) in [5, 5.41) is 17.9. The number of esters is 1. The number of nitrogens with zero attached hydrogens (tertiary/aromatic N) is 6. The summed E-state index contributed by atoms with van der Waals surface area (Å²) >= 11 is 2.08. The number of ether oxygens (including phenoxy) is 1. The third-order valence-electron chi connectivity index (χ3n) is 6.48. The van der Waals surface area contributed by atoms with E-state index < -0.39 is 52.1 Å². The number of hydrogen-bond acceptors (Lipinski definition) is 14. The normalized spacial score (nSPS) is 17.8. The van der Waals surface area contributed by atoms with Gasteiger partial charge in [0.25, 0.3) is 11.8 Å². The Morgan fingerprint density at radius 2 is 1.83 bits per heavy atom. The standard InChI is InChI=1S/C25H33N9O7S2.3ClH/c1-11-8-33(32(7)16(11)26)9-12-10-42-20-14(19(36)34(20)15(12)21(37)38)28-18(35)13(17-29-23(27)43-31-17)30-41-25(5,6)22(39)40-24(2,3)4;;;/h8,14,20,26H,9-10H2,1-7H3,(H4,27,28,29,31,35,37,38);3*1H/t14-,20-;;;/m1.../s1. The van der Waals surface area contributed by atoms with E-state index in [1.54, 1.807) is 43.4 Å². The van der Waals surface area contributed by atoms with Crippen LogP contribution in [0.5, 0.6) is 0 Å². The summed E-state index contributed by atoms with van der Waals surface area (Å²) in [6.45, 7) is 9.87. The molecule has 2 amide bonds. The molecule has 4 heterocycles. The molecule has 0 unspecified atom stereocenters. The Labute approximate surface area is 291 Å². The molecule has 0 aliphatic carbocycles. The van der Waals surface area contributed by atoms with E-state index in [-0.39, 0.29) is 66.2 Å². The number of carbonyl (C=O) groups is 4. The number of amides is 2. The number of anilines is 2. The number of oxime groups is 1. The molecule has 1 fully saturated rings. The third-order valence-corrected chi connectivity index (χ3v) is 8.37. The molecule has 5 N–H and O–H groups in total. The van der Waals surface area contributed by atoms with E-state index in [0.717, 1.165) is 22.0 Å². The maximum absolute atomic E-state index is 13.4. The molecule has 16 nitrogen and oxygen atoms in total. The minimum atomic E-state index is -1.60. The molecule has 0 saturated carbocycles. The number of nitrogen functional groups attached to an aromatic ring is 2. The Morgan fingerprint density at radius 1 is 1.20 bits per heavy atom. The van der Waals surface area contributed by atoms with E-state index in [1.165, 1.54) is 25.6 Å². The van der Waals surface area contributed by atoms with Crippen LogP contribution in [0.15, 0.2) is 22.6 Å². The molecule has 2 aromatic heterocycles. The molecule has 0 spiro atoms. The first kappa shape index (κ1) is 40.7. The van der Waals surface area contributed by atoms with E-state index in [1.807, 2.05) is 6.92 Å². The predicted octanol–water partition coefficient (Wildman–Crippen LogP) is -0.153.